The van der Waals surface area contributed by atoms with Crippen LogP contribution in [0.15, 0.2) is 65.1 Å². The molecule has 33 heavy (non-hydrogen) atoms. The zero-order valence-corrected chi connectivity index (χ0v) is 18.0. The average molecular weight is 441 g/mol. The normalized spacial score (nSPS) is 18.2. The van der Waals surface area contributed by atoms with E-state index in [9.17, 15) is 9.59 Å². The molecule has 7 nitrogen and oxygen atoms in total. The summed E-state index contributed by atoms with van der Waals surface area (Å²) in [6, 6.07) is 12.7. The maximum Gasteiger partial charge on any atom is 0.312 e. The molecule has 0 saturated heterocycles. The Labute approximate surface area is 188 Å². The zero-order chi connectivity index (χ0) is 22.7. The number of allylic oxidation sites excluding steroid dienone is 1. The van der Waals surface area contributed by atoms with Gasteiger partial charge in [0.05, 0.1) is 31.3 Å². The van der Waals surface area contributed by atoms with Crippen LogP contribution in [0, 0.1) is 0 Å². The minimum absolute atomic E-state index is 0.108. The summed E-state index contributed by atoms with van der Waals surface area (Å²) in [5.74, 6) is 1.40. The van der Waals surface area contributed by atoms with Crippen molar-refractivity contribution in [3.05, 3.63) is 83.1 Å². The summed E-state index contributed by atoms with van der Waals surface area (Å²) in [4.78, 5) is 25.4. The van der Waals surface area contributed by atoms with Gasteiger partial charge >= 0.3 is 5.97 Å². The van der Waals surface area contributed by atoms with Crippen LogP contribution in [0.25, 0.3) is 17.0 Å². The van der Waals surface area contributed by atoms with Crippen LogP contribution in [0.3, 0.4) is 0 Å². The number of rotatable bonds is 3. The topological polar surface area (TPSA) is 79.9 Å². The lowest BCUT2D eigenvalue weighted by Gasteiger charge is -2.24. The van der Waals surface area contributed by atoms with Gasteiger partial charge in [-0.05, 0) is 48.5 Å². The number of aryl methyl sites for hydroxylation is 1. The Balaban J connectivity index is 1.47. The SMILES string of the molecule is COc1ccc2c(c1)c(/C=C1\Oc3c(ccc4c3[C@@H](c3ccco3)CC(=O)O4)C1=O)cn2C. The van der Waals surface area contributed by atoms with Gasteiger partial charge in [-0.25, -0.2) is 0 Å². The van der Waals surface area contributed by atoms with Crippen LogP contribution in [-0.2, 0) is 11.8 Å². The van der Waals surface area contributed by atoms with Crippen molar-refractivity contribution < 1.29 is 28.2 Å². The summed E-state index contributed by atoms with van der Waals surface area (Å²) in [5.41, 5.74) is 2.93. The number of nitrogens with zero attached hydrogens (tertiary/aromatic N) is 1. The Morgan fingerprint density at radius 2 is 2.00 bits per heavy atom. The van der Waals surface area contributed by atoms with Gasteiger partial charge in [0.2, 0.25) is 5.78 Å². The monoisotopic (exact) mass is 441 g/mol. The molecule has 1 atom stereocenters. The number of fused-ring (bicyclic) bond motifs is 4. The Morgan fingerprint density at radius 3 is 2.79 bits per heavy atom. The standard InChI is InChI=1S/C26H19NO6/c1-27-13-14(17-11-15(30-2)5-7-19(17)27)10-22-25(29)16-6-8-21-24(26(16)33-22)18(12-23(28)32-21)20-4-3-9-31-20/h3-11,13,18H,12H2,1-2H3/b22-10-/t18-/m1/s1. The van der Waals surface area contributed by atoms with Crippen LogP contribution >= 0.6 is 0 Å². The fourth-order valence-corrected chi connectivity index (χ4v) is 4.62. The molecule has 0 saturated carbocycles. The number of hydrogen-bond donors (Lipinski definition) is 0. The molecule has 2 aliphatic heterocycles. The van der Waals surface area contributed by atoms with Crippen molar-refractivity contribution in [2.24, 2.45) is 7.05 Å². The Hall–Kier alpha value is -4.26. The molecule has 2 aliphatic rings. The van der Waals surface area contributed by atoms with E-state index in [1.807, 2.05) is 42.1 Å². The van der Waals surface area contributed by atoms with Crippen molar-refractivity contribution in [1.82, 2.24) is 4.57 Å². The molecule has 0 fully saturated rings. The summed E-state index contributed by atoms with van der Waals surface area (Å²) in [7, 11) is 3.56. The lowest BCUT2D eigenvalue weighted by atomic mass is 9.88. The van der Waals surface area contributed by atoms with Crippen LogP contribution < -0.4 is 14.2 Å². The van der Waals surface area contributed by atoms with E-state index < -0.39 is 0 Å². The molecule has 0 N–H and O–H groups in total. The van der Waals surface area contributed by atoms with Gasteiger partial charge in [0.15, 0.2) is 5.76 Å². The largest absolute Gasteiger partial charge is 0.497 e. The highest BCUT2D eigenvalue weighted by molar-refractivity contribution is 6.15. The van der Waals surface area contributed by atoms with E-state index >= 15 is 0 Å². The fraction of sp³-hybridized carbons (Fsp3) is 0.154. The fourth-order valence-electron chi connectivity index (χ4n) is 4.62. The number of hydrogen-bond acceptors (Lipinski definition) is 6. The van der Waals surface area contributed by atoms with Gasteiger partial charge in [0.25, 0.3) is 0 Å². The molecular formula is C26H19NO6. The van der Waals surface area contributed by atoms with Gasteiger partial charge < -0.3 is 23.2 Å². The van der Waals surface area contributed by atoms with E-state index in [1.54, 1.807) is 37.6 Å². The highest BCUT2D eigenvalue weighted by Crippen LogP contribution is 2.49. The van der Waals surface area contributed by atoms with E-state index in [0.717, 1.165) is 22.2 Å². The van der Waals surface area contributed by atoms with Crippen molar-refractivity contribution in [1.29, 1.82) is 0 Å². The summed E-state index contributed by atoms with van der Waals surface area (Å²) in [6.07, 6.45) is 5.35. The molecule has 4 heterocycles. The lowest BCUT2D eigenvalue weighted by Crippen LogP contribution is -2.21. The second-order valence-electron chi connectivity index (χ2n) is 8.12. The van der Waals surface area contributed by atoms with Gasteiger partial charge in [-0.1, -0.05) is 0 Å². The third-order valence-corrected chi connectivity index (χ3v) is 6.18. The molecule has 0 spiro atoms. The molecule has 164 valence electrons. The Morgan fingerprint density at radius 1 is 1.12 bits per heavy atom. The van der Waals surface area contributed by atoms with Gasteiger partial charge in [0.1, 0.15) is 23.0 Å². The first-order valence-corrected chi connectivity index (χ1v) is 10.5. The lowest BCUT2D eigenvalue weighted by molar-refractivity contribution is -0.135. The van der Waals surface area contributed by atoms with Crippen molar-refractivity contribution >= 4 is 28.7 Å². The van der Waals surface area contributed by atoms with Crippen LogP contribution in [0.2, 0.25) is 0 Å². The van der Waals surface area contributed by atoms with Gasteiger partial charge in [-0.3, -0.25) is 9.59 Å². The second-order valence-corrected chi connectivity index (χ2v) is 8.12. The smallest absolute Gasteiger partial charge is 0.312 e. The first kappa shape index (κ1) is 19.4. The minimum Gasteiger partial charge on any atom is -0.497 e. The van der Waals surface area contributed by atoms with Crippen molar-refractivity contribution in [2.75, 3.05) is 7.11 Å². The van der Waals surface area contributed by atoms with Crippen LogP contribution in [0.5, 0.6) is 17.2 Å². The number of ketones is 1. The maximum absolute atomic E-state index is 13.3. The molecule has 4 aromatic rings. The molecule has 2 aromatic carbocycles. The molecule has 2 aromatic heterocycles. The van der Waals surface area contributed by atoms with Crippen LogP contribution in [-0.4, -0.2) is 23.4 Å². The molecule has 0 amide bonds. The summed E-state index contributed by atoms with van der Waals surface area (Å²) in [5, 5.41) is 0.945. The number of aromatic nitrogens is 1. The predicted octanol–water partition coefficient (Wildman–Crippen LogP) is 4.84. The second kappa shape index (κ2) is 7.13. The molecule has 6 rings (SSSR count). The van der Waals surface area contributed by atoms with E-state index in [2.05, 4.69) is 0 Å². The number of carbonyl (C=O) groups is 2. The number of Topliss-reactive ketones (excluding diaryl/α,β-unsaturated/α-hetero) is 1. The van der Waals surface area contributed by atoms with Gasteiger partial charge in [0, 0.05) is 35.3 Å². The van der Waals surface area contributed by atoms with E-state index in [4.69, 9.17) is 18.6 Å². The number of methoxy groups -OCH3 is 1. The first-order valence-electron chi connectivity index (χ1n) is 10.5. The van der Waals surface area contributed by atoms with Crippen molar-refractivity contribution in [2.45, 2.75) is 12.3 Å². The zero-order valence-electron chi connectivity index (χ0n) is 18.0. The van der Waals surface area contributed by atoms with E-state index in [-0.39, 0.29) is 29.9 Å². The average Bonchev–Trinajstić information content (AvgIpc) is 3.53. The molecule has 7 heteroatoms. The minimum atomic E-state index is -0.389. The van der Waals surface area contributed by atoms with Crippen molar-refractivity contribution in [3.63, 3.8) is 0 Å². The summed E-state index contributed by atoms with van der Waals surface area (Å²) in [6.45, 7) is 0. The van der Waals surface area contributed by atoms with Crippen LogP contribution in [0.1, 0.15) is 39.6 Å². The molecule has 0 unspecified atom stereocenters. The first-order chi connectivity index (χ1) is 16.0. The van der Waals surface area contributed by atoms with Crippen molar-refractivity contribution in [3.8, 4) is 17.2 Å². The maximum atomic E-state index is 13.3. The third kappa shape index (κ3) is 2.96. The van der Waals surface area contributed by atoms with E-state index in [0.29, 0.717) is 28.4 Å². The molecule has 0 radical (unpaired) electrons. The predicted molar refractivity (Wildman–Crippen MR) is 120 cm³/mol. The number of esters is 1. The van der Waals surface area contributed by atoms with Crippen LogP contribution in [0.4, 0.5) is 0 Å². The molecular weight excluding hydrogens is 422 g/mol. The quantitative estimate of drug-likeness (QED) is 0.257. The number of ether oxygens (including phenoxy) is 3. The Bertz CT molecular complexity index is 1470. The highest BCUT2D eigenvalue weighted by Gasteiger charge is 2.39. The molecule has 0 aliphatic carbocycles. The highest BCUT2D eigenvalue weighted by atomic mass is 16.5. The van der Waals surface area contributed by atoms with Gasteiger partial charge in [-0.15, -0.1) is 0 Å². The Kier molecular flexibility index (Phi) is 4.20. The molecule has 0 bridgehead atoms. The summed E-state index contributed by atoms with van der Waals surface area (Å²) < 4.78 is 24.5. The number of benzene rings is 2. The number of furan rings is 1. The van der Waals surface area contributed by atoms with Gasteiger partial charge in [-0.2, -0.15) is 0 Å². The summed E-state index contributed by atoms with van der Waals surface area (Å²) >= 11 is 0. The number of carbonyl (C=O) groups excluding carboxylic acids is 2. The van der Waals surface area contributed by atoms with E-state index in [1.165, 1.54) is 0 Å². The third-order valence-electron chi connectivity index (χ3n) is 6.18.